The Morgan fingerprint density at radius 2 is 1.81 bits per heavy atom. The van der Waals surface area contributed by atoms with Crippen molar-refractivity contribution in [1.82, 2.24) is 4.98 Å². The van der Waals surface area contributed by atoms with Crippen LogP contribution in [0.4, 0.5) is 0 Å². The van der Waals surface area contributed by atoms with Crippen molar-refractivity contribution in [2.24, 2.45) is 5.92 Å². The van der Waals surface area contributed by atoms with Crippen LogP contribution in [0.25, 0.3) is 27.4 Å². The summed E-state index contributed by atoms with van der Waals surface area (Å²) < 4.78 is 27.9. The van der Waals surface area contributed by atoms with Crippen LogP contribution < -0.4 is 0 Å². The van der Waals surface area contributed by atoms with Crippen LogP contribution in [0, 0.1) is 5.92 Å². The number of halogens is 1. The highest BCUT2D eigenvalue weighted by atomic mass is 35.5. The van der Waals surface area contributed by atoms with Crippen molar-refractivity contribution in [1.29, 1.82) is 0 Å². The molecule has 1 saturated carbocycles. The molecule has 2 heterocycles. The molecule has 0 saturated heterocycles. The van der Waals surface area contributed by atoms with Gasteiger partial charge in [0.15, 0.2) is 9.84 Å². The highest BCUT2D eigenvalue weighted by molar-refractivity contribution is 7.92. The smallest absolute Gasteiger partial charge is 0.328 e. The Morgan fingerprint density at radius 1 is 1.03 bits per heavy atom. The van der Waals surface area contributed by atoms with E-state index in [4.69, 9.17) is 16.7 Å². The van der Waals surface area contributed by atoms with Gasteiger partial charge < -0.3 is 5.11 Å². The van der Waals surface area contributed by atoms with Crippen LogP contribution in [0.15, 0.2) is 77.1 Å². The van der Waals surface area contributed by atoms with E-state index in [2.05, 4.69) is 17.1 Å². The summed E-state index contributed by atoms with van der Waals surface area (Å²) in [7, 11) is -3.48. The van der Waals surface area contributed by atoms with E-state index in [-0.39, 0.29) is 5.92 Å². The number of hydrogen-bond donors (Lipinski definition) is 1. The fourth-order valence-corrected chi connectivity index (χ4v) is 8.38. The first-order chi connectivity index (χ1) is 17.3. The number of sulfone groups is 1. The number of carboxylic acid groups (broad SMARTS) is 1. The van der Waals surface area contributed by atoms with E-state index in [1.54, 1.807) is 29.5 Å². The summed E-state index contributed by atoms with van der Waals surface area (Å²) in [5.74, 6) is -1.12. The molecule has 0 spiro atoms. The van der Waals surface area contributed by atoms with Crippen molar-refractivity contribution in [2.75, 3.05) is 0 Å². The Hall–Kier alpha value is -3.26. The van der Waals surface area contributed by atoms with Gasteiger partial charge in [-0.1, -0.05) is 48.0 Å². The van der Waals surface area contributed by atoms with Crippen LogP contribution in [-0.2, 0) is 14.6 Å². The molecular formula is C28H20ClNO4S2. The molecule has 180 valence electrons. The van der Waals surface area contributed by atoms with Gasteiger partial charge in [-0.15, -0.1) is 11.3 Å². The minimum Gasteiger partial charge on any atom is -0.478 e. The molecule has 4 aromatic rings. The van der Waals surface area contributed by atoms with Gasteiger partial charge in [-0.2, -0.15) is 0 Å². The minimum absolute atomic E-state index is 0.114. The zero-order valence-electron chi connectivity index (χ0n) is 18.9. The van der Waals surface area contributed by atoms with Gasteiger partial charge in [0, 0.05) is 17.0 Å². The molecule has 1 aromatic heterocycles. The number of fused-ring (bicyclic) bond motifs is 3. The lowest BCUT2D eigenvalue weighted by molar-refractivity contribution is -0.131. The van der Waals surface area contributed by atoms with E-state index in [0.29, 0.717) is 21.9 Å². The second-order valence-corrected chi connectivity index (χ2v) is 12.5. The van der Waals surface area contributed by atoms with Crippen LogP contribution in [0.5, 0.6) is 0 Å². The largest absolute Gasteiger partial charge is 0.478 e. The number of nitrogens with zero attached hydrogens (tertiary/aromatic N) is 1. The lowest BCUT2D eigenvalue weighted by atomic mass is 9.72. The molecule has 3 aromatic carbocycles. The summed E-state index contributed by atoms with van der Waals surface area (Å²) in [6.45, 7) is 0. The quantitative estimate of drug-likeness (QED) is 0.300. The van der Waals surface area contributed by atoms with Gasteiger partial charge in [-0.05, 0) is 76.6 Å². The average molecular weight is 534 g/mol. The van der Waals surface area contributed by atoms with Crippen LogP contribution >= 0.6 is 22.9 Å². The summed E-state index contributed by atoms with van der Waals surface area (Å²) in [4.78, 5) is 15.7. The standard InChI is InChI=1S/C28H20ClNO4S2/c29-19-7-8-21-25(14-19)36(33,34)24-11-9-20(24)28(21)27(18-6-10-23-22(13-18)30-15-35-23)17-4-1-16(2-5-17)3-12-26(31)32/h1-8,10,12-15,20,24H,9,11H2,(H,31,32). The molecule has 2 unspecified atom stereocenters. The van der Waals surface area contributed by atoms with Crippen molar-refractivity contribution in [3.8, 4) is 0 Å². The van der Waals surface area contributed by atoms with Crippen LogP contribution in [-0.4, -0.2) is 29.7 Å². The summed E-state index contributed by atoms with van der Waals surface area (Å²) in [6, 6.07) is 19.0. The molecule has 8 heteroatoms. The molecule has 0 radical (unpaired) electrons. The molecule has 1 fully saturated rings. The molecule has 2 aliphatic rings. The molecule has 0 amide bonds. The molecule has 2 atom stereocenters. The van der Waals surface area contributed by atoms with Crippen molar-refractivity contribution in [2.45, 2.75) is 23.0 Å². The van der Waals surface area contributed by atoms with Gasteiger partial charge in [0.25, 0.3) is 0 Å². The fourth-order valence-electron chi connectivity index (χ4n) is 5.23. The molecule has 1 N–H and O–H groups in total. The number of carbonyl (C=O) groups is 1. The molecule has 1 aliphatic carbocycles. The fraction of sp³-hybridized carbons (Fsp3) is 0.143. The Bertz CT molecular complexity index is 1700. The van der Waals surface area contributed by atoms with E-state index in [9.17, 15) is 13.2 Å². The number of rotatable bonds is 4. The third kappa shape index (κ3) is 3.79. The topological polar surface area (TPSA) is 84.3 Å². The Kier molecular flexibility index (Phi) is 5.59. The van der Waals surface area contributed by atoms with Crippen molar-refractivity contribution in [3.63, 3.8) is 0 Å². The molecular weight excluding hydrogens is 514 g/mol. The normalized spacial score (nSPS) is 21.6. The van der Waals surface area contributed by atoms with E-state index in [1.807, 2.05) is 41.9 Å². The summed E-state index contributed by atoms with van der Waals surface area (Å²) in [6.07, 6.45) is 4.07. The number of allylic oxidation sites excluding steroid dienone is 1. The first kappa shape index (κ1) is 23.2. The zero-order chi connectivity index (χ0) is 25.0. The molecule has 5 nitrogen and oxygen atoms in total. The predicted octanol–water partition coefficient (Wildman–Crippen LogP) is 6.57. The lowest BCUT2D eigenvalue weighted by Gasteiger charge is -2.43. The average Bonchev–Trinajstić information content (AvgIpc) is 3.29. The van der Waals surface area contributed by atoms with Gasteiger partial charge in [0.05, 0.1) is 25.9 Å². The SMILES string of the molecule is O=C(O)C=Cc1ccc(C(=C2c3ccc(Cl)cc3S(=O)(=O)C3CCC23)c2ccc3scnc3c2)cc1. The van der Waals surface area contributed by atoms with Crippen LogP contribution in [0.2, 0.25) is 5.02 Å². The van der Waals surface area contributed by atoms with Crippen molar-refractivity contribution < 1.29 is 18.3 Å². The van der Waals surface area contributed by atoms with Gasteiger partial charge in [0.1, 0.15) is 0 Å². The van der Waals surface area contributed by atoms with Crippen molar-refractivity contribution in [3.05, 3.63) is 99.5 Å². The number of aliphatic carboxylic acids is 1. The number of thiazole rings is 1. The highest BCUT2D eigenvalue weighted by Crippen LogP contribution is 2.54. The minimum atomic E-state index is -3.48. The zero-order valence-corrected chi connectivity index (χ0v) is 21.3. The molecule has 0 bridgehead atoms. The Balaban J connectivity index is 1.64. The maximum absolute atomic E-state index is 13.4. The number of aromatic nitrogens is 1. The van der Waals surface area contributed by atoms with Crippen LogP contribution in [0.1, 0.15) is 35.1 Å². The molecule has 1 aliphatic heterocycles. The van der Waals surface area contributed by atoms with E-state index >= 15 is 0 Å². The first-order valence-electron chi connectivity index (χ1n) is 11.5. The predicted molar refractivity (Wildman–Crippen MR) is 144 cm³/mol. The third-order valence-corrected chi connectivity index (χ3v) is 10.4. The Morgan fingerprint density at radius 3 is 2.53 bits per heavy atom. The van der Waals surface area contributed by atoms with E-state index in [0.717, 1.165) is 50.6 Å². The maximum Gasteiger partial charge on any atom is 0.328 e. The number of carboxylic acids is 1. The molecule has 6 rings (SSSR count). The summed E-state index contributed by atoms with van der Waals surface area (Å²) in [5, 5.41) is 8.90. The number of hydrogen-bond acceptors (Lipinski definition) is 5. The third-order valence-electron chi connectivity index (χ3n) is 7.03. The number of benzene rings is 3. The monoisotopic (exact) mass is 533 g/mol. The highest BCUT2D eigenvalue weighted by Gasteiger charge is 2.49. The van der Waals surface area contributed by atoms with E-state index in [1.165, 1.54) is 0 Å². The second-order valence-electron chi connectivity index (χ2n) is 9.02. The van der Waals surface area contributed by atoms with Gasteiger partial charge >= 0.3 is 5.97 Å². The van der Waals surface area contributed by atoms with Gasteiger partial charge in [-0.25, -0.2) is 18.2 Å². The van der Waals surface area contributed by atoms with Gasteiger partial charge in [0.2, 0.25) is 0 Å². The lowest BCUT2D eigenvalue weighted by Crippen LogP contribution is -2.43. The second kappa shape index (κ2) is 8.69. The Labute approximate surface area is 217 Å². The summed E-state index contributed by atoms with van der Waals surface area (Å²) in [5.41, 5.74) is 8.03. The van der Waals surface area contributed by atoms with Crippen LogP contribution in [0.3, 0.4) is 0 Å². The van der Waals surface area contributed by atoms with Gasteiger partial charge in [-0.3, -0.25) is 0 Å². The van der Waals surface area contributed by atoms with Crippen molar-refractivity contribution >= 4 is 66.2 Å². The first-order valence-corrected chi connectivity index (χ1v) is 14.3. The molecule has 36 heavy (non-hydrogen) atoms. The summed E-state index contributed by atoms with van der Waals surface area (Å²) >= 11 is 7.83. The van der Waals surface area contributed by atoms with E-state index < -0.39 is 21.1 Å². The maximum atomic E-state index is 13.4.